The number of rotatable bonds is 0. The summed E-state index contributed by atoms with van der Waals surface area (Å²) in [7, 11) is 0. The van der Waals surface area contributed by atoms with Crippen LogP contribution in [0, 0.1) is 0 Å². The first-order valence-corrected chi connectivity index (χ1v) is 9.89. The average Bonchev–Trinajstić information content (AvgIpc) is 3.32. The number of aryl methyl sites for hydroxylation is 1. The molecule has 28 heavy (non-hydrogen) atoms. The zero-order valence-electron chi connectivity index (χ0n) is 16.2. The van der Waals surface area contributed by atoms with Crippen LogP contribution >= 0.6 is 0 Å². The fourth-order valence-corrected chi connectivity index (χ4v) is 4.37. The number of carbonyl (C=O) groups is 1. The molecule has 7 heteroatoms. The van der Waals surface area contributed by atoms with Crippen LogP contribution in [-0.4, -0.2) is 37.6 Å². The fraction of sp³-hybridized carbons (Fsp3) is 0.429. The summed E-state index contributed by atoms with van der Waals surface area (Å²) in [5, 5.41) is 7.47. The van der Waals surface area contributed by atoms with Crippen LogP contribution in [-0.2, 0) is 6.42 Å². The number of fused-ring (bicyclic) bond motifs is 5. The van der Waals surface area contributed by atoms with Gasteiger partial charge in [0.1, 0.15) is 11.4 Å². The summed E-state index contributed by atoms with van der Waals surface area (Å²) in [6, 6.07) is 6.46. The van der Waals surface area contributed by atoms with Crippen LogP contribution in [0.1, 0.15) is 60.8 Å². The minimum Gasteiger partial charge on any atom is -0.349 e. The highest BCUT2D eigenvalue weighted by molar-refractivity contribution is 6.00. The van der Waals surface area contributed by atoms with Gasteiger partial charge in [-0.1, -0.05) is 6.07 Å². The molecule has 2 aliphatic rings. The lowest BCUT2D eigenvalue weighted by Crippen LogP contribution is -2.43. The molecular weight excluding hydrogens is 352 g/mol. The second-order valence-corrected chi connectivity index (χ2v) is 8.34. The molecule has 0 aromatic carbocycles. The van der Waals surface area contributed by atoms with Crippen molar-refractivity contribution >= 4 is 17.4 Å². The summed E-state index contributed by atoms with van der Waals surface area (Å²) >= 11 is 0. The van der Waals surface area contributed by atoms with E-state index in [9.17, 15) is 4.79 Å². The number of aromatic nitrogens is 4. The Hall–Kier alpha value is -2.96. The summed E-state index contributed by atoms with van der Waals surface area (Å²) < 4.78 is 1.67. The van der Waals surface area contributed by atoms with Gasteiger partial charge in [-0.2, -0.15) is 5.10 Å². The Morgan fingerprint density at radius 1 is 1.29 bits per heavy atom. The number of hydrogen-bond donors (Lipinski definition) is 1. The molecule has 1 N–H and O–H groups in total. The smallest absolute Gasteiger partial charge is 0.257 e. The van der Waals surface area contributed by atoms with Crippen molar-refractivity contribution in [2.45, 2.75) is 51.1 Å². The number of hydrogen-bond acceptors (Lipinski definition) is 5. The number of anilines is 1. The lowest BCUT2D eigenvalue weighted by atomic mass is 9.93. The summed E-state index contributed by atoms with van der Waals surface area (Å²) in [4.78, 5) is 24.8. The third kappa shape index (κ3) is 2.82. The number of nitrogens with zero attached hydrogens (tertiary/aromatic N) is 5. The van der Waals surface area contributed by atoms with Gasteiger partial charge in [-0.3, -0.25) is 9.78 Å². The second-order valence-electron chi connectivity index (χ2n) is 8.34. The number of nitrogens with one attached hydrogen (secondary N) is 1. The molecule has 1 atom stereocenters. The molecule has 3 aromatic heterocycles. The SMILES string of the molecule is CC1(C)CCc2ncccc2C2CCCN2c2ccn3ncc(c3n2)C(=O)N1. The molecule has 2 bridgehead atoms. The molecule has 5 heterocycles. The number of pyridine rings is 1. The van der Waals surface area contributed by atoms with E-state index in [-0.39, 0.29) is 17.5 Å². The monoisotopic (exact) mass is 376 g/mol. The van der Waals surface area contributed by atoms with Crippen molar-refractivity contribution in [2.75, 3.05) is 11.4 Å². The molecule has 3 aromatic rings. The molecule has 5 rings (SSSR count). The first-order chi connectivity index (χ1) is 13.5. The quantitative estimate of drug-likeness (QED) is 0.653. The van der Waals surface area contributed by atoms with Gasteiger partial charge in [0.2, 0.25) is 0 Å². The summed E-state index contributed by atoms with van der Waals surface area (Å²) in [5.41, 5.74) is 3.14. The number of amides is 1. The van der Waals surface area contributed by atoms with Crippen molar-refractivity contribution in [1.82, 2.24) is 24.9 Å². The van der Waals surface area contributed by atoms with Crippen molar-refractivity contribution in [3.63, 3.8) is 0 Å². The van der Waals surface area contributed by atoms with Gasteiger partial charge in [-0.05, 0) is 57.2 Å². The van der Waals surface area contributed by atoms with Crippen molar-refractivity contribution < 1.29 is 4.79 Å². The average molecular weight is 376 g/mol. The van der Waals surface area contributed by atoms with Crippen molar-refractivity contribution in [3.8, 4) is 0 Å². The Morgan fingerprint density at radius 2 is 2.18 bits per heavy atom. The highest BCUT2D eigenvalue weighted by Crippen LogP contribution is 2.37. The molecule has 7 nitrogen and oxygen atoms in total. The standard InChI is InChI=1S/C21H24N6O/c1-21(2)9-7-16-14(5-3-10-22-16)17-6-4-11-26(17)18-8-12-27-19(24-18)15(13-23-27)20(28)25-21/h3,5,8,10,12-13,17H,4,6-7,9,11H2,1-2H3,(H,25,28). The maximum atomic E-state index is 13.0. The maximum absolute atomic E-state index is 13.0. The Labute approximate surface area is 163 Å². The molecule has 1 unspecified atom stereocenters. The van der Waals surface area contributed by atoms with E-state index >= 15 is 0 Å². The summed E-state index contributed by atoms with van der Waals surface area (Å²) in [6.45, 7) is 5.06. The molecule has 1 amide bonds. The largest absolute Gasteiger partial charge is 0.349 e. The molecule has 1 saturated heterocycles. The fourth-order valence-electron chi connectivity index (χ4n) is 4.37. The van der Waals surface area contributed by atoms with E-state index in [1.807, 2.05) is 24.5 Å². The molecular formula is C21H24N6O. The Bertz CT molecular complexity index is 1060. The first kappa shape index (κ1) is 17.2. The third-order valence-corrected chi connectivity index (χ3v) is 5.87. The van der Waals surface area contributed by atoms with E-state index in [4.69, 9.17) is 9.97 Å². The molecule has 0 radical (unpaired) electrons. The van der Waals surface area contributed by atoms with E-state index in [2.05, 4.69) is 35.2 Å². The predicted molar refractivity (Wildman–Crippen MR) is 106 cm³/mol. The van der Waals surface area contributed by atoms with Gasteiger partial charge < -0.3 is 10.2 Å². The third-order valence-electron chi connectivity index (χ3n) is 5.87. The zero-order valence-corrected chi connectivity index (χ0v) is 16.2. The van der Waals surface area contributed by atoms with Gasteiger partial charge in [-0.25, -0.2) is 9.50 Å². The Balaban J connectivity index is 1.70. The van der Waals surface area contributed by atoms with Crippen LogP contribution in [0.2, 0.25) is 0 Å². The summed E-state index contributed by atoms with van der Waals surface area (Å²) in [6.07, 6.45) is 9.19. The van der Waals surface area contributed by atoms with Crippen molar-refractivity contribution in [2.24, 2.45) is 0 Å². The summed E-state index contributed by atoms with van der Waals surface area (Å²) in [5.74, 6) is 0.751. The van der Waals surface area contributed by atoms with E-state index < -0.39 is 0 Å². The maximum Gasteiger partial charge on any atom is 0.257 e. The van der Waals surface area contributed by atoms with E-state index in [0.717, 1.165) is 43.7 Å². The highest BCUT2D eigenvalue weighted by Gasteiger charge is 2.31. The highest BCUT2D eigenvalue weighted by atomic mass is 16.1. The van der Waals surface area contributed by atoms with E-state index in [1.165, 1.54) is 5.56 Å². The van der Waals surface area contributed by atoms with Crippen LogP contribution in [0.3, 0.4) is 0 Å². The zero-order chi connectivity index (χ0) is 19.3. The van der Waals surface area contributed by atoms with Gasteiger partial charge in [0, 0.05) is 30.2 Å². The molecule has 0 spiro atoms. The van der Waals surface area contributed by atoms with Crippen LogP contribution in [0.15, 0.2) is 36.8 Å². The molecule has 0 aliphatic carbocycles. The van der Waals surface area contributed by atoms with Crippen LogP contribution in [0.4, 0.5) is 5.82 Å². The van der Waals surface area contributed by atoms with Crippen molar-refractivity contribution in [3.05, 3.63) is 53.6 Å². The topological polar surface area (TPSA) is 75.4 Å². The van der Waals surface area contributed by atoms with Gasteiger partial charge in [0.15, 0.2) is 5.65 Å². The lowest BCUT2D eigenvalue weighted by Gasteiger charge is -2.28. The molecule has 0 saturated carbocycles. The van der Waals surface area contributed by atoms with Gasteiger partial charge in [0.05, 0.1) is 12.2 Å². The first-order valence-electron chi connectivity index (χ1n) is 9.89. The van der Waals surface area contributed by atoms with Crippen molar-refractivity contribution in [1.29, 1.82) is 0 Å². The van der Waals surface area contributed by atoms with Crippen LogP contribution in [0.5, 0.6) is 0 Å². The van der Waals surface area contributed by atoms with Gasteiger partial charge in [-0.15, -0.1) is 0 Å². The molecule has 1 fully saturated rings. The predicted octanol–water partition coefficient (Wildman–Crippen LogP) is 2.92. The minimum absolute atomic E-state index is 0.136. The van der Waals surface area contributed by atoms with E-state index in [1.54, 1.807) is 10.7 Å². The number of carbonyl (C=O) groups excluding carboxylic acids is 1. The molecule has 2 aliphatic heterocycles. The Morgan fingerprint density at radius 3 is 3.07 bits per heavy atom. The molecule has 144 valence electrons. The minimum atomic E-state index is -0.360. The van der Waals surface area contributed by atoms with Gasteiger partial charge in [0.25, 0.3) is 5.91 Å². The van der Waals surface area contributed by atoms with Crippen LogP contribution in [0.25, 0.3) is 5.65 Å². The van der Waals surface area contributed by atoms with Gasteiger partial charge >= 0.3 is 0 Å². The lowest BCUT2D eigenvalue weighted by molar-refractivity contribution is 0.0910. The second kappa shape index (κ2) is 6.29. The Kier molecular flexibility index (Phi) is 3.86. The van der Waals surface area contributed by atoms with E-state index in [0.29, 0.717) is 11.2 Å². The normalized spacial score (nSPS) is 21.4. The van der Waals surface area contributed by atoms with Crippen LogP contribution < -0.4 is 10.2 Å².